The highest BCUT2D eigenvalue weighted by atomic mass is 16.5. The number of fused-ring (bicyclic) bond motifs is 4. The van der Waals surface area contributed by atoms with Crippen molar-refractivity contribution in [2.75, 3.05) is 12.0 Å². The summed E-state index contributed by atoms with van der Waals surface area (Å²) in [5.41, 5.74) is 3.32. The minimum atomic E-state index is -0.764. The second-order valence-electron chi connectivity index (χ2n) is 9.14. The first-order valence-electron chi connectivity index (χ1n) is 11.1. The number of para-hydroxylation sites is 1. The predicted octanol–water partition coefficient (Wildman–Crippen LogP) is 6.03. The summed E-state index contributed by atoms with van der Waals surface area (Å²) in [6, 6.07) is 22.9. The van der Waals surface area contributed by atoms with E-state index in [1.165, 1.54) is 11.1 Å². The van der Waals surface area contributed by atoms with Gasteiger partial charge in [0.25, 0.3) is 0 Å². The summed E-state index contributed by atoms with van der Waals surface area (Å²) in [5.74, 6) is 1.62. The van der Waals surface area contributed by atoms with Gasteiger partial charge in [-0.1, -0.05) is 36.4 Å². The molecule has 3 aromatic carbocycles. The van der Waals surface area contributed by atoms with Crippen LogP contribution in [-0.4, -0.2) is 24.0 Å². The molecule has 1 atom stereocenters. The molecule has 0 fully saturated rings. The second-order valence-corrected chi connectivity index (χ2v) is 9.14. The highest BCUT2D eigenvalue weighted by molar-refractivity contribution is 5.99. The minimum Gasteiger partial charge on any atom is -0.497 e. The van der Waals surface area contributed by atoms with Crippen LogP contribution in [0.25, 0.3) is 10.8 Å². The summed E-state index contributed by atoms with van der Waals surface area (Å²) in [5, 5.41) is 2.10. The smallest absolute Gasteiger partial charge is 0.229 e. The van der Waals surface area contributed by atoms with Gasteiger partial charge in [0.05, 0.1) is 18.7 Å². The molecular weight excluding hydrogens is 410 g/mol. The molecule has 2 aliphatic rings. The highest BCUT2D eigenvalue weighted by Gasteiger charge is 2.59. The summed E-state index contributed by atoms with van der Waals surface area (Å²) in [6.07, 6.45) is 5.65. The van der Waals surface area contributed by atoms with Gasteiger partial charge in [0.15, 0.2) is 0 Å². The molecule has 164 valence electrons. The highest BCUT2D eigenvalue weighted by Crippen LogP contribution is 2.55. The van der Waals surface area contributed by atoms with Crippen LogP contribution in [0.5, 0.6) is 11.5 Å². The summed E-state index contributed by atoms with van der Waals surface area (Å²) in [7, 11) is 1.69. The summed E-state index contributed by atoms with van der Waals surface area (Å²) >= 11 is 0. The van der Waals surface area contributed by atoms with Crippen LogP contribution in [0.2, 0.25) is 0 Å². The third-order valence-electron chi connectivity index (χ3n) is 7.06. The number of aromatic nitrogens is 1. The fourth-order valence-corrected chi connectivity index (χ4v) is 5.16. The number of nitrogens with zero attached hydrogens (tertiary/aromatic N) is 3. The van der Waals surface area contributed by atoms with Gasteiger partial charge in [0, 0.05) is 30.0 Å². The number of pyridine rings is 1. The number of benzene rings is 3. The standard InChI is InChI=1S/C28H25N3O2/c1-27(2)23-6-4-5-7-24(23)31(17-19-8-11-21(32-3)12-9-19)28(27)18-30-26-22-16-29-15-14-20(22)10-13-25(26)33-28/h4-16,18H,17H2,1-3H3. The van der Waals surface area contributed by atoms with E-state index in [1.807, 2.05) is 36.7 Å². The molecule has 4 aromatic rings. The topological polar surface area (TPSA) is 47.0 Å². The third-order valence-corrected chi connectivity index (χ3v) is 7.06. The Balaban J connectivity index is 1.50. The van der Waals surface area contributed by atoms with E-state index in [0.29, 0.717) is 6.54 Å². The van der Waals surface area contributed by atoms with Crippen LogP contribution in [0.15, 0.2) is 84.1 Å². The van der Waals surface area contributed by atoms with Crippen LogP contribution < -0.4 is 14.4 Å². The van der Waals surface area contributed by atoms with Crippen molar-refractivity contribution in [2.45, 2.75) is 31.5 Å². The quantitative estimate of drug-likeness (QED) is 0.394. The average Bonchev–Trinajstić information content (AvgIpc) is 3.03. The number of rotatable bonds is 3. The van der Waals surface area contributed by atoms with Crippen molar-refractivity contribution in [3.63, 3.8) is 0 Å². The molecular formula is C28H25N3O2. The molecule has 2 aliphatic heterocycles. The maximum absolute atomic E-state index is 6.94. The van der Waals surface area contributed by atoms with Gasteiger partial charge < -0.3 is 14.4 Å². The lowest BCUT2D eigenvalue weighted by molar-refractivity contribution is 0.0764. The Morgan fingerprint density at radius 2 is 1.79 bits per heavy atom. The number of anilines is 1. The van der Waals surface area contributed by atoms with Crippen LogP contribution in [-0.2, 0) is 12.0 Å². The molecule has 0 bridgehead atoms. The van der Waals surface area contributed by atoms with Gasteiger partial charge in [-0.05, 0) is 60.7 Å². The lowest BCUT2D eigenvalue weighted by atomic mass is 9.77. The molecule has 0 saturated carbocycles. The van der Waals surface area contributed by atoms with Crippen molar-refractivity contribution in [2.24, 2.45) is 4.99 Å². The molecule has 0 N–H and O–H groups in total. The van der Waals surface area contributed by atoms with Gasteiger partial charge in [0.1, 0.15) is 17.2 Å². The van der Waals surface area contributed by atoms with E-state index in [9.17, 15) is 0 Å². The van der Waals surface area contributed by atoms with Crippen molar-refractivity contribution < 1.29 is 9.47 Å². The lowest BCUT2D eigenvalue weighted by Gasteiger charge is -2.46. The Labute approximate surface area is 193 Å². The fourth-order valence-electron chi connectivity index (χ4n) is 5.16. The van der Waals surface area contributed by atoms with Gasteiger partial charge in [-0.15, -0.1) is 0 Å². The Morgan fingerprint density at radius 1 is 0.970 bits per heavy atom. The zero-order chi connectivity index (χ0) is 22.6. The van der Waals surface area contributed by atoms with Crippen molar-refractivity contribution in [3.05, 3.63) is 90.3 Å². The largest absolute Gasteiger partial charge is 0.497 e. The number of ether oxygens (including phenoxy) is 2. The minimum absolute atomic E-state index is 0.332. The number of hydrogen-bond acceptors (Lipinski definition) is 5. The van der Waals surface area contributed by atoms with E-state index >= 15 is 0 Å². The van der Waals surface area contributed by atoms with Crippen molar-refractivity contribution in [1.29, 1.82) is 0 Å². The van der Waals surface area contributed by atoms with Crippen LogP contribution in [0, 0.1) is 0 Å². The number of aliphatic imine (C=N–C) groups is 1. The molecule has 0 saturated heterocycles. The number of hydrogen-bond donors (Lipinski definition) is 0. The molecule has 0 amide bonds. The van der Waals surface area contributed by atoms with E-state index in [1.54, 1.807) is 13.3 Å². The Morgan fingerprint density at radius 3 is 2.61 bits per heavy atom. The third kappa shape index (κ3) is 2.78. The maximum Gasteiger partial charge on any atom is 0.229 e. The van der Waals surface area contributed by atoms with Gasteiger partial charge in [0.2, 0.25) is 5.72 Å². The van der Waals surface area contributed by atoms with Crippen LogP contribution in [0.3, 0.4) is 0 Å². The summed E-state index contributed by atoms with van der Waals surface area (Å²) in [6.45, 7) is 5.15. The Kier molecular flexibility index (Phi) is 4.24. The molecule has 5 heteroatoms. The molecule has 6 rings (SSSR count). The van der Waals surface area contributed by atoms with Gasteiger partial charge in [-0.3, -0.25) is 9.98 Å². The van der Waals surface area contributed by atoms with E-state index in [2.05, 4.69) is 66.2 Å². The summed E-state index contributed by atoms with van der Waals surface area (Å²) < 4.78 is 12.3. The van der Waals surface area contributed by atoms with E-state index in [4.69, 9.17) is 14.5 Å². The van der Waals surface area contributed by atoms with Crippen molar-refractivity contribution in [3.8, 4) is 11.5 Å². The second kappa shape index (κ2) is 7.07. The zero-order valence-corrected chi connectivity index (χ0v) is 18.9. The molecule has 1 unspecified atom stereocenters. The first kappa shape index (κ1) is 19.8. The SMILES string of the molecule is COc1ccc(CN2c3ccccc3C(C)(C)C23C=Nc2c(ccc4ccncc24)O3)cc1. The van der Waals surface area contributed by atoms with Crippen LogP contribution in [0.1, 0.15) is 25.0 Å². The number of methoxy groups -OCH3 is 1. The first-order chi connectivity index (χ1) is 16.0. The fraction of sp³-hybridized carbons (Fsp3) is 0.214. The van der Waals surface area contributed by atoms with Crippen LogP contribution >= 0.6 is 0 Å². The van der Waals surface area contributed by atoms with E-state index in [0.717, 1.165) is 33.6 Å². The molecule has 1 aromatic heterocycles. The molecule has 1 spiro atoms. The zero-order valence-electron chi connectivity index (χ0n) is 18.9. The van der Waals surface area contributed by atoms with E-state index in [-0.39, 0.29) is 5.41 Å². The predicted molar refractivity (Wildman–Crippen MR) is 132 cm³/mol. The molecule has 33 heavy (non-hydrogen) atoms. The van der Waals surface area contributed by atoms with Gasteiger partial charge >= 0.3 is 0 Å². The maximum atomic E-state index is 6.94. The molecule has 5 nitrogen and oxygen atoms in total. The van der Waals surface area contributed by atoms with Crippen molar-refractivity contribution in [1.82, 2.24) is 4.98 Å². The first-order valence-corrected chi connectivity index (χ1v) is 11.1. The molecule has 3 heterocycles. The van der Waals surface area contributed by atoms with Gasteiger partial charge in [-0.2, -0.15) is 0 Å². The Bertz CT molecular complexity index is 1390. The lowest BCUT2D eigenvalue weighted by Crippen LogP contribution is -2.61. The van der Waals surface area contributed by atoms with Gasteiger partial charge in [-0.25, -0.2) is 0 Å². The van der Waals surface area contributed by atoms with Crippen molar-refractivity contribution >= 4 is 28.4 Å². The van der Waals surface area contributed by atoms with Crippen LogP contribution in [0.4, 0.5) is 11.4 Å². The monoisotopic (exact) mass is 435 g/mol. The average molecular weight is 436 g/mol. The molecule has 0 radical (unpaired) electrons. The Hall–Kier alpha value is -3.86. The normalized spacial score (nSPS) is 19.9. The van der Waals surface area contributed by atoms with E-state index < -0.39 is 5.72 Å². The molecule has 0 aliphatic carbocycles. The summed E-state index contributed by atoms with van der Waals surface area (Å²) in [4.78, 5) is 11.6.